The quantitative estimate of drug-likeness (QED) is 0.572. The van der Waals surface area contributed by atoms with Crippen molar-refractivity contribution in [1.29, 1.82) is 0 Å². The number of benzene rings is 2. The van der Waals surface area contributed by atoms with Gasteiger partial charge in [-0.1, -0.05) is 23.2 Å². The number of H-pyrrole nitrogens is 1. The fourth-order valence-electron chi connectivity index (χ4n) is 4.66. The zero-order chi connectivity index (χ0) is 21.2. The summed E-state index contributed by atoms with van der Waals surface area (Å²) >= 11 is 12.0. The number of halogens is 3. The van der Waals surface area contributed by atoms with Crippen LogP contribution < -0.4 is 4.90 Å². The van der Waals surface area contributed by atoms with Crippen molar-refractivity contribution in [2.45, 2.75) is 31.8 Å². The molecule has 2 aliphatic rings. The lowest BCUT2D eigenvalue weighted by Crippen LogP contribution is -2.46. The first-order valence-electron chi connectivity index (χ1n) is 9.72. The summed E-state index contributed by atoms with van der Waals surface area (Å²) in [6.07, 6.45) is 0.833. The third kappa shape index (κ3) is 2.94. The van der Waals surface area contributed by atoms with Crippen LogP contribution in [0.3, 0.4) is 0 Å². The predicted octanol–water partition coefficient (Wildman–Crippen LogP) is 4.87. The van der Waals surface area contributed by atoms with Gasteiger partial charge < -0.3 is 4.98 Å². The normalized spacial score (nSPS) is 22.2. The molecule has 1 fully saturated rings. The van der Waals surface area contributed by atoms with Gasteiger partial charge in [0, 0.05) is 34.2 Å². The Hall–Kier alpha value is -2.41. The van der Waals surface area contributed by atoms with Gasteiger partial charge in [0.15, 0.2) is 0 Å². The van der Waals surface area contributed by atoms with Gasteiger partial charge in [0.25, 0.3) is 5.91 Å². The van der Waals surface area contributed by atoms with Crippen LogP contribution >= 0.6 is 23.2 Å². The Labute approximate surface area is 182 Å². The van der Waals surface area contributed by atoms with E-state index in [0.29, 0.717) is 17.3 Å². The number of amides is 2. The lowest BCUT2D eigenvalue weighted by atomic mass is 9.96. The molecule has 30 heavy (non-hydrogen) atoms. The molecule has 3 heterocycles. The van der Waals surface area contributed by atoms with E-state index in [1.807, 2.05) is 25.1 Å². The molecule has 2 unspecified atom stereocenters. The van der Waals surface area contributed by atoms with Gasteiger partial charge in [0.1, 0.15) is 5.82 Å². The highest BCUT2D eigenvalue weighted by Gasteiger charge is 2.45. The molecular formula is C22H18Cl2FN3O2. The molecule has 0 radical (unpaired) electrons. The third-order valence-electron chi connectivity index (χ3n) is 6.12. The summed E-state index contributed by atoms with van der Waals surface area (Å²) in [7, 11) is 0. The van der Waals surface area contributed by atoms with Crippen LogP contribution in [0.4, 0.5) is 10.1 Å². The summed E-state index contributed by atoms with van der Waals surface area (Å²) in [5, 5.41) is 1.66. The first-order valence-corrected chi connectivity index (χ1v) is 10.5. The Balaban J connectivity index is 1.46. The Bertz CT molecular complexity index is 1210. The smallest absolute Gasteiger partial charge is 0.251 e. The fourth-order valence-corrected chi connectivity index (χ4v) is 5.01. The number of nitrogens with zero attached hydrogens (tertiary/aromatic N) is 2. The number of hydrogen-bond donors (Lipinski definition) is 1. The van der Waals surface area contributed by atoms with Gasteiger partial charge in [-0.15, -0.1) is 0 Å². The highest BCUT2D eigenvalue weighted by atomic mass is 35.5. The molecule has 1 N–H and O–H groups in total. The van der Waals surface area contributed by atoms with E-state index in [4.69, 9.17) is 23.2 Å². The molecular weight excluding hydrogens is 428 g/mol. The van der Waals surface area contributed by atoms with Crippen LogP contribution in [-0.2, 0) is 16.0 Å². The minimum atomic E-state index is -0.591. The number of hydrogen-bond acceptors (Lipinski definition) is 3. The molecule has 3 aromatic rings. The van der Waals surface area contributed by atoms with Gasteiger partial charge in [-0.25, -0.2) is 9.29 Å². The van der Waals surface area contributed by atoms with E-state index in [2.05, 4.69) is 9.88 Å². The molecule has 2 atom stereocenters. The Morgan fingerprint density at radius 1 is 1.13 bits per heavy atom. The van der Waals surface area contributed by atoms with E-state index in [9.17, 15) is 14.0 Å². The maximum atomic E-state index is 13.5. The number of aromatic nitrogens is 1. The molecule has 2 amide bonds. The van der Waals surface area contributed by atoms with E-state index < -0.39 is 11.9 Å². The number of anilines is 1. The molecule has 2 aliphatic heterocycles. The second-order valence-corrected chi connectivity index (χ2v) is 8.60. The molecule has 1 saturated heterocycles. The Morgan fingerprint density at radius 3 is 2.70 bits per heavy atom. The second kappa shape index (κ2) is 7.08. The van der Waals surface area contributed by atoms with E-state index >= 15 is 0 Å². The first kappa shape index (κ1) is 19.5. The molecule has 0 bridgehead atoms. The number of nitrogens with one attached hydrogen (secondary N) is 1. The highest BCUT2D eigenvalue weighted by Crippen LogP contribution is 2.39. The average molecular weight is 446 g/mol. The maximum Gasteiger partial charge on any atom is 0.251 e. The third-order valence-corrected chi connectivity index (χ3v) is 6.65. The molecule has 0 spiro atoms. The molecule has 5 rings (SSSR count). The van der Waals surface area contributed by atoms with E-state index in [1.54, 1.807) is 0 Å². The lowest BCUT2D eigenvalue weighted by molar-refractivity contribution is -0.123. The zero-order valence-electron chi connectivity index (χ0n) is 16.1. The second-order valence-electron chi connectivity index (χ2n) is 7.76. The van der Waals surface area contributed by atoms with Gasteiger partial charge >= 0.3 is 0 Å². The molecule has 5 nitrogen and oxygen atoms in total. The maximum absolute atomic E-state index is 13.5. The number of aromatic amines is 1. The van der Waals surface area contributed by atoms with Crippen molar-refractivity contribution in [2.24, 2.45) is 0 Å². The van der Waals surface area contributed by atoms with Crippen molar-refractivity contribution in [3.05, 3.63) is 63.5 Å². The monoisotopic (exact) mass is 445 g/mol. The molecule has 0 saturated carbocycles. The van der Waals surface area contributed by atoms with Crippen molar-refractivity contribution < 1.29 is 14.0 Å². The van der Waals surface area contributed by atoms with Gasteiger partial charge in [-0.05, 0) is 55.3 Å². The Kier molecular flexibility index (Phi) is 4.61. The van der Waals surface area contributed by atoms with Gasteiger partial charge in [-0.3, -0.25) is 14.5 Å². The minimum absolute atomic E-state index is 0.0709. The van der Waals surface area contributed by atoms with E-state index in [1.165, 1.54) is 17.7 Å². The van der Waals surface area contributed by atoms with Gasteiger partial charge in [-0.2, -0.15) is 0 Å². The van der Waals surface area contributed by atoms with Crippen molar-refractivity contribution in [2.75, 3.05) is 11.4 Å². The summed E-state index contributed by atoms with van der Waals surface area (Å²) in [6, 6.07) is 9.00. The fraction of sp³-hybridized carbons (Fsp3) is 0.273. The zero-order valence-corrected chi connectivity index (χ0v) is 17.6. The van der Waals surface area contributed by atoms with E-state index in [-0.39, 0.29) is 29.3 Å². The summed E-state index contributed by atoms with van der Waals surface area (Å²) in [5.74, 6) is -1.21. The summed E-state index contributed by atoms with van der Waals surface area (Å²) < 4.78 is 13.5. The van der Waals surface area contributed by atoms with Gasteiger partial charge in [0.2, 0.25) is 5.91 Å². The molecule has 2 aromatic carbocycles. The van der Waals surface area contributed by atoms with E-state index in [0.717, 1.165) is 34.0 Å². The van der Waals surface area contributed by atoms with Crippen molar-refractivity contribution >= 4 is 51.6 Å². The highest BCUT2D eigenvalue weighted by molar-refractivity contribution is 6.32. The van der Waals surface area contributed by atoms with Crippen LogP contribution in [-0.4, -0.2) is 34.3 Å². The summed E-state index contributed by atoms with van der Waals surface area (Å²) in [6.45, 7) is 2.68. The van der Waals surface area contributed by atoms with Crippen molar-refractivity contribution in [3.63, 3.8) is 0 Å². The number of fused-ring (bicyclic) bond motifs is 3. The SMILES string of the molecule is CC1c2[nH]c3ccc(Cl)cc3c2CCN1C1CC(=O)N(c2ccc(F)c(Cl)c2)C1=O. The van der Waals surface area contributed by atoms with Crippen LogP contribution in [0.1, 0.15) is 30.6 Å². The number of carbonyl (C=O) groups is 2. The number of carbonyl (C=O) groups excluding carboxylic acids is 2. The van der Waals surface area contributed by atoms with Crippen LogP contribution in [0.5, 0.6) is 0 Å². The first-order chi connectivity index (χ1) is 14.3. The van der Waals surface area contributed by atoms with Crippen LogP contribution in [0, 0.1) is 5.82 Å². The molecule has 1 aromatic heterocycles. The van der Waals surface area contributed by atoms with Crippen molar-refractivity contribution in [3.8, 4) is 0 Å². The minimum Gasteiger partial charge on any atom is -0.357 e. The van der Waals surface area contributed by atoms with Crippen LogP contribution in [0.2, 0.25) is 10.0 Å². The van der Waals surface area contributed by atoms with Crippen molar-refractivity contribution in [1.82, 2.24) is 9.88 Å². The topological polar surface area (TPSA) is 56.4 Å². The largest absolute Gasteiger partial charge is 0.357 e. The van der Waals surface area contributed by atoms with Crippen LogP contribution in [0.25, 0.3) is 10.9 Å². The summed E-state index contributed by atoms with van der Waals surface area (Å²) in [5.41, 5.74) is 3.55. The predicted molar refractivity (Wildman–Crippen MR) is 114 cm³/mol. The summed E-state index contributed by atoms with van der Waals surface area (Å²) in [4.78, 5) is 32.5. The Morgan fingerprint density at radius 2 is 1.93 bits per heavy atom. The average Bonchev–Trinajstić information content (AvgIpc) is 3.22. The molecule has 8 heteroatoms. The number of imide groups is 1. The lowest BCUT2D eigenvalue weighted by Gasteiger charge is -2.36. The standard InChI is InChI=1S/C22H18Cl2FN3O2/c1-11-21-14(15-8-12(23)2-5-18(15)26-21)6-7-27(11)19-10-20(29)28(22(19)30)13-3-4-17(25)16(24)9-13/h2-5,8-9,11,19,26H,6-7,10H2,1H3. The van der Waals surface area contributed by atoms with Gasteiger partial charge in [0.05, 0.1) is 23.2 Å². The number of rotatable bonds is 2. The molecule has 0 aliphatic carbocycles. The van der Waals surface area contributed by atoms with Crippen LogP contribution in [0.15, 0.2) is 36.4 Å². The molecule has 154 valence electrons.